The van der Waals surface area contributed by atoms with Crippen molar-refractivity contribution in [3.05, 3.63) is 17.3 Å². The highest BCUT2D eigenvalue weighted by molar-refractivity contribution is 5.92. The number of piperazine rings is 1. The molecule has 1 atom stereocenters. The van der Waals surface area contributed by atoms with Crippen molar-refractivity contribution in [1.82, 2.24) is 14.8 Å². The van der Waals surface area contributed by atoms with E-state index in [1.807, 2.05) is 11.8 Å². The fourth-order valence-electron chi connectivity index (χ4n) is 3.36. The predicted octanol–water partition coefficient (Wildman–Crippen LogP) is 1.41. The van der Waals surface area contributed by atoms with Crippen molar-refractivity contribution in [2.75, 3.05) is 39.4 Å². The van der Waals surface area contributed by atoms with Crippen molar-refractivity contribution in [2.24, 2.45) is 0 Å². The van der Waals surface area contributed by atoms with E-state index < -0.39 is 0 Å². The van der Waals surface area contributed by atoms with E-state index in [4.69, 9.17) is 9.15 Å². The maximum Gasteiger partial charge on any atom is 0.291 e. The van der Waals surface area contributed by atoms with Crippen LogP contribution in [-0.2, 0) is 4.74 Å². The minimum Gasteiger partial charge on any atom is -0.435 e. The topological polar surface area (TPSA) is 58.8 Å². The van der Waals surface area contributed by atoms with E-state index in [2.05, 4.69) is 9.88 Å². The lowest BCUT2D eigenvalue weighted by atomic mass is 10.2. The van der Waals surface area contributed by atoms with Gasteiger partial charge in [0.1, 0.15) is 0 Å². The highest BCUT2D eigenvalue weighted by atomic mass is 16.5. The Morgan fingerprint density at radius 3 is 2.59 bits per heavy atom. The van der Waals surface area contributed by atoms with Crippen LogP contribution < -0.4 is 0 Å². The smallest absolute Gasteiger partial charge is 0.291 e. The molecule has 1 aromatic rings. The third-order valence-corrected chi connectivity index (χ3v) is 4.96. The molecule has 22 heavy (non-hydrogen) atoms. The van der Waals surface area contributed by atoms with Crippen LogP contribution in [0.2, 0.25) is 0 Å². The quantitative estimate of drug-likeness (QED) is 0.845. The number of nitrogens with zero attached hydrogens (tertiary/aromatic N) is 3. The fraction of sp³-hybridized carbons (Fsp3) is 0.750. The molecule has 3 fully saturated rings. The maximum atomic E-state index is 12.7. The summed E-state index contributed by atoms with van der Waals surface area (Å²) < 4.78 is 11.2. The Morgan fingerprint density at radius 2 is 1.95 bits per heavy atom. The van der Waals surface area contributed by atoms with Gasteiger partial charge in [-0.2, -0.15) is 0 Å². The predicted molar refractivity (Wildman–Crippen MR) is 79.9 cm³/mol. The van der Waals surface area contributed by atoms with Crippen molar-refractivity contribution in [3.63, 3.8) is 0 Å². The third-order valence-electron chi connectivity index (χ3n) is 4.96. The fourth-order valence-corrected chi connectivity index (χ4v) is 3.36. The monoisotopic (exact) mass is 305 g/mol. The number of hydrogen-bond acceptors (Lipinski definition) is 5. The molecule has 1 unspecified atom stereocenters. The summed E-state index contributed by atoms with van der Waals surface area (Å²) in [6.07, 6.45) is 3.38. The Balaban J connectivity index is 1.39. The number of oxazole rings is 1. The molecule has 0 spiro atoms. The van der Waals surface area contributed by atoms with E-state index in [1.165, 1.54) is 0 Å². The van der Waals surface area contributed by atoms with Gasteiger partial charge in [-0.3, -0.25) is 9.69 Å². The lowest BCUT2D eigenvalue weighted by Crippen LogP contribution is -2.52. The van der Waals surface area contributed by atoms with E-state index in [-0.39, 0.29) is 5.91 Å². The number of aromatic nitrogens is 1. The van der Waals surface area contributed by atoms with E-state index in [1.54, 1.807) is 0 Å². The highest BCUT2D eigenvalue weighted by Crippen LogP contribution is 2.40. The van der Waals surface area contributed by atoms with Crippen LogP contribution in [0, 0.1) is 6.92 Å². The number of carbonyl (C=O) groups is 1. The summed E-state index contributed by atoms with van der Waals surface area (Å²) in [7, 11) is 0. The zero-order valence-corrected chi connectivity index (χ0v) is 13.1. The largest absolute Gasteiger partial charge is 0.435 e. The molecule has 1 amide bonds. The molecule has 4 rings (SSSR count). The first-order chi connectivity index (χ1) is 10.7. The molecule has 3 heterocycles. The molecule has 0 aromatic carbocycles. The molecular weight excluding hydrogens is 282 g/mol. The van der Waals surface area contributed by atoms with Gasteiger partial charge >= 0.3 is 0 Å². The van der Waals surface area contributed by atoms with Crippen molar-refractivity contribution >= 4 is 5.91 Å². The first kappa shape index (κ1) is 14.2. The second-order valence-corrected chi connectivity index (χ2v) is 6.59. The van der Waals surface area contributed by atoms with Crippen molar-refractivity contribution in [2.45, 2.75) is 38.1 Å². The van der Waals surface area contributed by atoms with Gasteiger partial charge in [0.2, 0.25) is 5.76 Å². The van der Waals surface area contributed by atoms with Crippen LogP contribution in [0.3, 0.4) is 0 Å². The van der Waals surface area contributed by atoms with Gasteiger partial charge in [0.15, 0.2) is 5.89 Å². The molecule has 1 aromatic heterocycles. The van der Waals surface area contributed by atoms with Crippen LogP contribution in [0.5, 0.6) is 0 Å². The molecule has 120 valence electrons. The number of hydrogen-bond donors (Lipinski definition) is 0. The van der Waals surface area contributed by atoms with Crippen molar-refractivity contribution < 1.29 is 13.9 Å². The Morgan fingerprint density at radius 1 is 1.18 bits per heavy atom. The normalized spacial score (nSPS) is 26.6. The molecule has 1 saturated carbocycles. The van der Waals surface area contributed by atoms with Crippen LogP contribution in [-0.4, -0.2) is 66.1 Å². The summed E-state index contributed by atoms with van der Waals surface area (Å²) in [6, 6.07) is 0.533. The zero-order valence-electron chi connectivity index (χ0n) is 13.1. The maximum absolute atomic E-state index is 12.7. The number of carbonyl (C=O) groups excluding carboxylic acids is 1. The van der Waals surface area contributed by atoms with Crippen molar-refractivity contribution in [3.8, 4) is 0 Å². The average Bonchev–Trinajstić information content (AvgIpc) is 3.10. The van der Waals surface area contributed by atoms with E-state index in [0.717, 1.165) is 70.2 Å². The summed E-state index contributed by atoms with van der Waals surface area (Å²) in [6.45, 7) is 6.92. The van der Waals surface area contributed by atoms with Gasteiger partial charge < -0.3 is 14.1 Å². The van der Waals surface area contributed by atoms with Crippen molar-refractivity contribution in [1.29, 1.82) is 0 Å². The Kier molecular flexibility index (Phi) is 3.66. The molecule has 2 aliphatic heterocycles. The van der Waals surface area contributed by atoms with Gasteiger partial charge in [-0.05, 0) is 26.2 Å². The molecule has 2 saturated heterocycles. The Bertz CT molecular complexity index is 553. The Hall–Kier alpha value is -1.40. The van der Waals surface area contributed by atoms with Gasteiger partial charge in [0.25, 0.3) is 5.91 Å². The number of amides is 1. The van der Waals surface area contributed by atoms with Crippen LogP contribution in [0.15, 0.2) is 4.42 Å². The van der Waals surface area contributed by atoms with Gasteiger partial charge in [0, 0.05) is 44.7 Å². The molecule has 1 aliphatic carbocycles. The Labute approximate surface area is 130 Å². The lowest BCUT2D eigenvalue weighted by Gasteiger charge is -2.37. The minimum atomic E-state index is -0.000720. The molecular formula is C16H23N3O3. The number of ether oxygens (including phenoxy) is 1. The van der Waals surface area contributed by atoms with Gasteiger partial charge in [-0.25, -0.2) is 4.98 Å². The molecule has 0 N–H and O–H groups in total. The summed E-state index contributed by atoms with van der Waals surface area (Å²) in [5.41, 5.74) is 0.735. The molecule has 6 nitrogen and oxygen atoms in total. The van der Waals surface area contributed by atoms with Crippen LogP contribution in [0.25, 0.3) is 0 Å². The standard InChI is InChI=1S/C16H23N3O3/c1-11-14(22-15(17-11)12-2-3-12)16(20)19-7-5-18(6-8-19)13-4-9-21-10-13/h12-13H,2-10H2,1H3. The lowest BCUT2D eigenvalue weighted by molar-refractivity contribution is 0.0520. The van der Waals surface area contributed by atoms with Crippen LogP contribution in [0.4, 0.5) is 0 Å². The SMILES string of the molecule is Cc1nc(C2CC2)oc1C(=O)N1CCN(C2CCOC2)CC1. The van der Waals surface area contributed by atoms with E-state index >= 15 is 0 Å². The summed E-state index contributed by atoms with van der Waals surface area (Å²) in [4.78, 5) is 21.4. The second kappa shape index (κ2) is 5.66. The van der Waals surface area contributed by atoms with E-state index in [9.17, 15) is 4.79 Å². The summed E-state index contributed by atoms with van der Waals surface area (Å²) >= 11 is 0. The van der Waals surface area contributed by atoms with Gasteiger partial charge in [-0.15, -0.1) is 0 Å². The minimum absolute atomic E-state index is 0.000720. The third kappa shape index (κ3) is 2.65. The number of aryl methyl sites for hydroxylation is 1. The molecule has 0 radical (unpaired) electrons. The molecule has 6 heteroatoms. The summed E-state index contributed by atoms with van der Waals surface area (Å²) in [5, 5.41) is 0. The number of rotatable bonds is 3. The first-order valence-corrected chi connectivity index (χ1v) is 8.31. The zero-order chi connectivity index (χ0) is 15.1. The first-order valence-electron chi connectivity index (χ1n) is 8.31. The summed E-state index contributed by atoms with van der Waals surface area (Å²) in [5.74, 6) is 1.64. The van der Waals surface area contributed by atoms with Gasteiger partial charge in [-0.1, -0.05) is 0 Å². The second-order valence-electron chi connectivity index (χ2n) is 6.59. The highest BCUT2D eigenvalue weighted by Gasteiger charge is 2.33. The molecule has 3 aliphatic rings. The molecule has 0 bridgehead atoms. The average molecular weight is 305 g/mol. The van der Waals surface area contributed by atoms with Crippen LogP contribution >= 0.6 is 0 Å². The van der Waals surface area contributed by atoms with E-state index in [0.29, 0.717) is 17.7 Å². The van der Waals surface area contributed by atoms with Gasteiger partial charge in [0.05, 0.1) is 12.3 Å². The van der Waals surface area contributed by atoms with Crippen LogP contribution in [0.1, 0.15) is 47.3 Å².